The molecule has 1 heterocycles. The van der Waals surface area contributed by atoms with Crippen molar-refractivity contribution in [1.29, 1.82) is 0 Å². The van der Waals surface area contributed by atoms with E-state index in [9.17, 15) is 19.2 Å². The monoisotopic (exact) mass is 733 g/mol. The molecular weight excluding hydrogens is 674 g/mol. The summed E-state index contributed by atoms with van der Waals surface area (Å²) in [5.74, 6) is -0.161. The molecule has 0 saturated carbocycles. The minimum atomic E-state index is -1.09. The zero-order chi connectivity index (χ0) is 40.0. The highest BCUT2D eigenvalue weighted by atomic mass is 16.6. The van der Waals surface area contributed by atoms with E-state index < -0.39 is 29.2 Å². The highest BCUT2D eigenvalue weighted by Crippen LogP contribution is 2.26. The van der Waals surface area contributed by atoms with Crippen LogP contribution in [0.2, 0.25) is 0 Å². The van der Waals surface area contributed by atoms with Gasteiger partial charge in [0.1, 0.15) is 23.0 Å². The molecule has 1 unspecified atom stereocenters. The van der Waals surface area contributed by atoms with Crippen LogP contribution in [-0.4, -0.2) is 70.9 Å². The molecule has 4 rings (SSSR count). The third kappa shape index (κ3) is 17.8. The number of nitrogens with two attached hydrogens (primary N) is 1. The number of fused-ring (bicyclic) bond motifs is 1. The van der Waals surface area contributed by atoms with Gasteiger partial charge in [-0.25, -0.2) is 9.79 Å². The molecule has 1 aliphatic rings. The molecule has 12 nitrogen and oxygen atoms in total. The Morgan fingerprint density at radius 1 is 0.943 bits per heavy atom. The number of carbonyl (C=O) groups excluding carboxylic acids is 4. The molecule has 0 saturated heterocycles. The largest absolute Gasteiger partial charge is 0.444 e. The van der Waals surface area contributed by atoms with Gasteiger partial charge in [-0.05, 0) is 88.9 Å². The minimum absolute atomic E-state index is 0.0399. The lowest BCUT2D eigenvalue weighted by Crippen LogP contribution is -2.54. The van der Waals surface area contributed by atoms with Gasteiger partial charge in [0.25, 0.3) is 0 Å². The fraction of sp³-hybridized carbons (Fsp3) is 0.439. The van der Waals surface area contributed by atoms with Crippen LogP contribution in [0.15, 0.2) is 89.7 Å². The predicted octanol–water partition coefficient (Wildman–Crippen LogP) is 6.57. The first-order valence-electron chi connectivity index (χ1n) is 17.9. The summed E-state index contributed by atoms with van der Waals surface area (Å²) >= 11 is 0. The summed E-state index contributed by atoms with van der Waals surface area (Å²) < 4.78 is 10.6. The van der Waals surface area contributed by atoms with Crippen LogP contribution in [0.5, 0.6) is 0 Å². The van der Waals surface area contributed by atoms with Crippen molar-refractivity contribution in [2.75, 3.05) is 19.8 Å². The lowest BCUT2D eigenvalue weighted by molar-refractivity contribution is -0.123. The van der Waals surface area contributed by atoms with E-state index >= 15 is 0 Å². The van der Waals surface area contributed by atoms with Crippen LogP contribution in [0, 0.1) is 0 Å². The number of ketones is 1. The number of aliphatic imine (C=N–C) groups is 1. The summed E-state index contributed by atoms with van der Waals surface area (Å²) in [5, 5.41) is 15.0. The first-order valence-corrected chi connectivity index (χ1v) is 17.9. The number of Topliss-reactive ketones (excluding diaryl/α,β-unsaturated/α-hetero) is 1. The normalized spacial score (nSPS) is 12.6. The molecule has 3 aromatic rings. The molecule has 0 fully saturated rings. The van der Waals surface area contributed by atoms with Crippen molar-refractivity contribution in [2.24, 2.45) is 10.7 Å². The maximum Gasteiger partial charge on any atom is 0.408 e. The molecule has 0 bridgehead atoms. The van der Waals surface area contributed by atoms with Gasteiger partial charge in [0.05, 0.1) is 12.9 Å². The van der Waals surface area contributed by atoms with Gasteiger partial charge in [-0.3, -0.25) is 14.4 Å². The van der Waals surface area contributed by atoms with Crippen molar-refractivity contribution < 1.29 is 33.8 Å². The number of carbonyl (C=O) groups is 4. The zero-order valence-electron chi connectivity index (χ0n) is 32.8. The van der Waals surface area contributed by atoms with Crippen LogP contribution in [-0.2, 0) is 30.5 Å². The van der Waals surface area contributed by atoms with Gasteiger partial charge in [-0.2, -0.15) is 0 Å². The molecule has 12 heteroatoms. The summed E-state index contributed by atoms with van der Waals surface area (Å²) in [7, 11) is 0. The zero-order valence-corrected chi connectivity index (χ0v) is 32.8. The Kier molecular flexibility index (Phi) is 20.4. The Bertz CT molecular complexity index is 1650. The third-order valence-corrected chi connectivity index (χ3v) is 7.15. The number of aliphatic hydroxyl groups is 1. The molecule has 3 aromatic carbocycles. The molecule has 1 aliphatic heterocycles. The molecule has 0 aliphatic carbocycles. The van der Waals surface area contributed by atoms with Crippen LogP contribution >= 0.6 is 0 Å². The van der Waals surface area contributed by atoms with Gasteiger partial charge >= 0.3 is 6.09 Å². The molecule has 0 aromatic heterocycles. The van der Waals surface area contributed by atoms with Gasteiger partial charge in [-0.15, -0.1) is 0 Å². The number of alkyl carbamates (subject to hydrolysis) is 1. The fourth-order valence-corrected chi connectivity index (χ4v) is 4.65. The maximum absolute atomic E-state index is 12.5. The fourth-order valence-electron chi connectivity index (χ4n) is 4.65. The summed E-state index contributed by atoms with van der Waals surface area (Å²) in [5.41, 5.74) is 5.43. The third-order valence-electron chi connectivity index (χ3n) is 7.15. The van der Waals surface area contributed by atoms with E-state index in [0.717, 1.165) is 21.9 Å². The number of hydrogen-bond donors (Lipinski definition) is 4. The van der Waals surface area contributed by atoms with E-state index in [2.05, 4.69) is 27.8 Å². The number of rotatable bonds is 12. The van der Waals surface area contributed by atoms with E-state index in [-0.39, 0.29) is 18.3 Å². The standard InChI is InChI=1S/C28H29N3O3.C9H18N2O3.C2H6O.C2H6/c1-21(32)28(25-14-13-23-10-5-6-11-24(23)18-25)31-16-15-26(29-20-31)30-27(33)12-7-17-34-19-22-8-3-2-4-9-22;1-8(2,3)14-7(13)11-9(4,5)6(10)12;1-2-3;1-2/h2-6,8-11,13-15,18,20,28H,7,12,16-17,19H2,1H3,(H,30,33);1-5H3,(H2,10,12)(H,11,13);3H,2H2,1H3;1-2H3. The number of primary amides is 1. The van der Waals surface area contributed by atoms with E-state index in [1.807, 2.05) is 85.5 Å². The number of nitrogens with zero attached hydrogens (tertiary/aromatic N) is 2. The average molecular weight is 734 g/mol. The van der Waals surface area contributed by atoms with Gasteiger partial charge in [-0.1, -0.05) is 80.6 Å². The van der Waals surface area contributed by atoms with E-state index in [4.69, 9.17) is 20.3 Å². The van der Waals surface area contributed by atoms with Crippen molar-refractivity contribution in [1.82, 2.24) is 15.5 Å². The number of aliphatic hydroxyl groups excluding tert-OH is 1. The molecule has 0 radical (unpaired) electrons. The van der Waals surface area contributed by atoms with E-state index in [1.165, 1.54) is 13.8 Å². The summed E-state index contributed by atoms with van der Waals surface area (Å²) in [6, 6.07) is 23.7. The van der Waals surface area contributed by atoms with Crippen molar-refractivity contribution in [2.45, 2.75) is 98.9 Å². The van der Waals surface area contributed by atoms with E-state index in [0.29, 0.717) is 38.4 Å². The highest BCUT2D eigenvalue weighted by molar-refractivity contribution is 5.89. The van der Waals surface area contributed by atoms with E-state index in [1.54, 1.807) is 41.0 Å². The summed E-state index contributed by atoms with van der Waals surface area (Å²) in [4.78, 5) is 53.1. The van der Waals surface area contributed by atoms with Crippen molar-refractivity contribution >= 4 is 40.8 Å². The highest BCUT2D eigenvalue weighted by Gasteiger charge is 2.29. The van der Waals surface area contributed by atoms with Crippen molar-refractivity contribution in [3.63, 3.8) is 0 Å². The van der Waals surface area contributed by atoms with Crippen LogP contribution in [0.3, 0.4) is 0 Å². The second-order valence-electron chi connectivity index (χ2n) is 13.3. The smallest absolute Gasteiger partial charge is 0.408 e. The van der Waals surface area contributed by atoms with Crippen LogP contribution in [0.25, 0.3) is 10.8 Å². The van der Waals surface area contributed by atoms with Gasteiger partial charge in [0, 0.05) is 26.2 Å². The Balaban J connectivity index is 0.000000620. The van der Waals surface area contributed by atoms with Gasteiger partial charge < -0.3 is 35.8 Å². The van der Waals surface area contributed by atoms with Crippen LogP contribution in [0.1, 0.15) is 92.3 Å². The molecule has 290 valence electrons. The predicted molar refractivity (Wildman–Crippen MR) is 211 cm³/mol. The Labute approximate surface area is 314 Å². The van der Waals surface area contributed by atoms with Crippen LogP contribution < -0.4 is 16.4 Å². The second kappa shape index (κ2) is 23.5. The maximum atomic E-state index is 12.5. The number of hydrogen-bond acceptors (Lipinski definition) is 9. The first kappa shape index (κ1) is 46.0. The Morgan fingerprint density at radius 2 is 1.55 bits per heavy atom. The molecule has 1 atom stereocenters. The molecular formula is C41H59N5O7. The second-order valence-corrected chi connectivity index (χ2v) is 13.3. The number of ether oxygens (including phenoxy) is 2. The van der Waals surface area contributed by atoms with Gasteiger partial charge in [0.15, 0.2) is 5.78 Å². The molecule has 0 spiro atoms. The summed E-state index contributed by atoms with van der Waals surface area (Å²) in [6.07, 6.45) is 3.82. The quantitative estimate of drug-likeness (QED) is 0.151. The lowest BCUT2D eigenvalue weighted by atomic mass is 9.98. The van der Waals surface area contributed by atoms with Crippen LogP contribution in [0.4, 0.5) is 4.79 Å². The molecule has 5 N–H and O–H groups in total. The topological polar surface area (TPSA) is 173 Å². The molecule has 53 heavy (non-hydrogen) atoms. The Hall–Kier alpha value is -5.07. The van der Waals surface area contributed by atoms with Gasteiger partial charge in [0.2, 0.25) is 11.8 Å². The van der Waals surface area contributed by atoms with Crippen molar-refractivity contribution in [3.8, 4) is 0 Å². The SMILES string of the molecule is CC.CC(=O)C(c1ccc2ccccc2c1)N1C=NC(NC(=O)CCCOCc2ccccc2)=CC1.CC(C)(C)OC(=O)NC(C)(C)C(N)=O.CCO. The number of benzene rings is 3. The average Bonchev–Trinajstić information content (AvgIpc) is 3.09. The number of amides is 3. The Morgan fingerprint density at radius 3 is 2.09 bits per heavy atom. The first-order chi connectivity index (χ1) is 25.1. The lowest BCUT2D eigenvalue weighted by Gasteiger charge is -2.29. The summed E-state index contributed by atoms with van der Waals surface area (Å²) in [6.45, 7) is 17.3. The van der Waals surface area contributed by atoms with Crippen molar-refractivity contribution in [3.05, 3.63) is 95.8 Å². The minimum Gasteiger partial charge on any atom is -0.444 e. The number of nitrogens with one attached hydrogen (secondary N) is 2. The molecule has 3 amide bonds.